The highest BCUT2D eigenvalue weighted by molar-refractivity contribution is 7.09. The number of thiazole rings is 1. The highest BCUT2D eigenvalue weighted by Gasteiger charge is 2.06. The van der Waals surface area contributed by atoms with Crippen molar-refractivity contribution in [1.82, 2.24) is 20.9 Å². The molecule has 0 bridgehead atoms. The third-order valence-corrected chi connectivity index (χ3v) is 3.35. The fourth-order valence-electron chi connectivity index (χ4n) is 1.30. The molecule has 0 aliphatic rings. The van der Waals surface area contributed by atoms with Gasteiger partial charge in [0.2, 0.25) is 5.91 Å². The monoisotopic (exact) mass is 283 g/mol. The molecule has 1 aromatic rings. The average molecular weight is 283 g/mol. The third-order valence-electron chi connectivity index (χ3n) is 2.49. The molecular weight excluding hydrogens is 262 g/mol. The summed E-state index contributed by atoms with van der Waals surface area (Å²) >= 11 is 1.62. The summed E-state index contributed by atoms with van der Waals surface area (Å²) in [6, 6.07) is 0. The van der Waals surface area contributed by atoms with E-state index in [0.717, 1.165) is 10.7 Å². The van der Waals surface area contributed by atoms with Crippen LogP contribution in [0.1, 0.15) is 30.5 Å². The lowest BCUT2D eigenvalue weighted by Crippen LogP contribution is -2.42. The Bertz CT molecular complexity index is 441. The molecule has 1 heterocycles. The van der Waals surface area contributed by atoms with Gasteiger partial charge in [-0.2, -0.15) is 0 Å². The first-order valence-corrected chi connectivity index (χ1v) is 7.04. The Balaban J connectivity index is 2.42. The topological polar surface area (TPSA) is 78.4 Å². The molecule has 1 rings (SSSR count). The summed E-state index contributed by atoms with van der Waals surface area (Å²) in [6.45, 7) is 5.04. The second-order valence-electron chi connectivity index (χ2n) is 4.27. The number of aromatic nitrogens is 1. The van der Waals surface area contributed by atoms with Crippen molar-refractivity contribution in [2.75, 3.05) is 20.6 Å². The number of nitrogens with one attached hydrogen (secondary N) is 3. The summed E-state index contributed by atoms with van der Waals surface area (Å²) in [5.74, 6) is 0.944. The number of hydrogen-bond acceptors (Lipinski definition) is 4. The minimum atomic E-state index is -0.0840. The molecule has 1 aromatic heterocycles. The van der Waals surface area contributed by atoms with Crippen LogP contribution >= 0.6 is 11.3 Å². The Labute approximate surface area is 117 Å². The van der Waals surface area contributed by atoms with Gasteiger partial charge in [-0.1, -0.05) is 13.8 Å². The second-order valence-corrected chi connectivity index (χ2v) is 5.22. The van der Waals surface area contributed by atoms with Gasteiger partial charge in [-0.3, -0.25) is 9.79 Å². The smallest absolute Gasteiger partial charge is 0.239 e. The molecule has 19 heavy (non-hydrogen) atoms. The lowest BCUT2D eigenvalue weighted by atomic mass is 10.2. The molecule has 0 saturated heterocycles. The van der Waals surface area contributed by atoms with Crippen molar-refractivity contribution < 1.29 is 4.79 Å². The Morgan fingerprint density at radius 1 is 1.47 bits per heavy atom. The van der Waals surface area contributed by atoms with Crippen molar-refractivity contribution in [3.8, 4) is 0 Å². The van der Waals surface area contributed by atoms with Crippen molar-refractivity contribution in [1.29, 1.82) is 0 Å². The van der Waals surface area contributed by atoms with E-state index in [4.69, 9.17) is 0 Å². The first-order valence-electron chi connectivity index (χ1n) is 6.16. The summed E-state index contributed by atoms with van der Waals surface area (Å²) in [4.78, 5) is 19.7. The largest absolute Gasteiger partial charge is 0.358 e. The summed E-state index contributed by atoms with van der Waals surface area (Å²) in [7, 11) is 3.27. The number of likely N-dealkylation sites (N-methyl/N-ethyl adjacent to an activating group) is 1. The highest BCUT2D eigenvalue weighted by Crippen LogP contribution is 2.17. The van der Waals surface area contributed by atoms with E-state index in [9.17, 15) is 4.79 Å². The van der Waals surface area contributed by atoms with Crippen LogP contribution in [0.2, 0.25) is 0 Å². The standard InChI is InChI=1S/C12H21N5OS/c1-8(2)9-7-19-11(17-9)6-16-12(14-4)15-5-10(18)13-3/h7-8H,5-6H2,1-4H3,(H,13,18)(H2,14,15,16). The fraction of sp³-hybridized carbons (Fsp3) is 0.583. The SMILES string of the molecule is CN=C(NCC(=O)NC)NCc1nc(C(C)C)cs1. The van der Waals surface area contributed by atoms with Crippen LogP contribution in [-0.2, 0) is 11.3 Å². The maximum absolute atomic E-state index is 11.1. The molecular formula is C12H21N5OS. The van der Waals surface area contributed by atoms with Crippen LogP contribution in [0, 0.1) is 0 Å². The number of amides is 1. The van der Waals surface area contributed by atoms with Gasteiger partial charge in [0.15, 0.2) is 5.96 Å². The predicted octanol–water partition coefficient (Wildman–Crippen LogP) is 0.677. The molecule has 0 aliphatic carbocycles. The van der Waals surface area contributed by atoms with E-state index in [2.05, 4.69) is 45.2 Å². The molecule has 0 aromatic carbocycles. The van der Waals surface area contributed by atoms with Gasteiger partial charge in [0.25, 0.3) is 0 Å². The van der Waals surface area contributed by atoms with E-state index in [1.54, 1.807) is 25.4 Å². The van der Waals surface area contributed by atoms with E-state index >= 15 is 0 Å². The summed E-state index contributed by atoms with van der Waals surface area (Å²) in [6.07, 6.45) is 0. The summed E-state index contributed by atoms with van der Waals surface area (Å²) < 4.78 is 0. The van der Waals surface area contributed by atoms with Gasteiger partial charge in [-0.15, -0.1) is 11.3 Å². The molecule has 7 heteroatoms. The zero-order valence-corrected chi connectivity index (χ0v) is 12.6. The molecule has 3 N–H and O–H groups in total. The number of aliphatic imine (C=N–C) groups is 1. The van der Waals surface area contributed by atoms with E-state index < -0.39 is 0 Å². The van der Waals surface area contributed by atoms with Crippen LogP contribution < -0.4 is 16.0 Å². The van der Waals surface area contributed by atoms with Crippen LogP contribution in [0.5, 0.6) is 0 Å². The molecule has 0 spiro atoms. The summed E-state index contributed by atoms with van der Waals surface area (Å²) in [5.41, 5.74) is 1.11. The van der Waals surface area contributed by atoms with Gasteiger partial charge in [0.05, 0.1) is 18.8 Å². The van der Waals surface area contributed by atoms with Gasteiger partial charge in [0, 0.05) is 19.5 Å². The van der Waals surface area contributed by atoms with Crippen molar-refractivity contribution in [3.63, 3.8) is 0 Å². The van der Waals surface area contributed by atoms with Gasteiger partial charge >= 0.3 is 0 Å². The Morgan fingerprint density at radius 2 is 2.21 bits per heavy atom. The predicted molar refractivity (Wildman–Crippen MR) is 78.5 cm³/mol. The number of carbonyl (C=O) groups excluding carboxylic acids is 1. The Hall–Kier alpha value is -1.63. The van der Waals surface area contributed by atoms with E-state index in [1.165, 1.54) is 0 Å². The quantitative estimate of drug-likeness (QED) is 0.548. The van der Waals surface area contributed by atoms with Gasteiger partial charge < -0.3 is 16.0 Å². The molecule has 106 valence electrons. The Kier molecular flexibility index (Phi) is 6.27. The zero-order chi connectivity index (χ0) is 14.3. The molecule has 0 aliphatic heterocycles. The fourth-order valence-corrected chi connectivity index (χ4v) is 2.20. The normalized spacial score (nSPS) is 11.5. The van der Waals surface area contributed by atoms with Gasteiger partial charge in [0.1, 0.15) is 5.01 Å². The van der Waals surface area contributed by atoms with E-state index in [-0.39, 0.29) is 12.5 Å². The first-order chi connectivity index (χ1) is 9.06. The lowest BCUT2D eigenvalue weighted by molar-refractivity contribution is -0.119. The molecule has 1 amide bonds. The molecule has 0 radical (unpaired) electrons. The van der Waals surface area contributed by atoms with E-state index in [1.807, 2.05) is 0 Å². The molecule has 0 saturated carbocycles. The zero-order valence-electron chi connectivity index (χ0n) is 11.8. The van der Waals surface area contributed by atoms with Crippen LogP contribution in [0.25, 0.3) is 0 Å². The molecule has 0 fully saturated rings. The number of guanidine groups is 1. The Morgan fingerprint density at radius 3 is 2.74 bits per heavy atom. The average Bonchev–Trinajstić information content (AvgIpc) is 2.87. The number of carbonyl (C=O) groups is 1. The number of hydrogen-bond donors (Lipinski definition) is 3. The minimum absolute atomic E-state index is 0.0840. The van der Waals surface area contributed by atoms with Crippen LogP contribution in [0.3, 0.4) is 0 Å². The second kappa shape index (κ2) is 7.73. The lowest BCUT2D eigenvalue weighted by Gasteiger charge is -2.09. The summed E-state index contributed by atoms with van der Waals surface area (Å²) in [5, 5.41) is 11.7. The first kappa shape index (κ1) is 15.4. The number of rotatable bonds is 5. The highest BCUT2D eigenvalue weighted by atomic mass is 32.1. The minimum Gasteiger partial charge on any atom is -0.358 e. The van der Waals surface area contributed by atoms with Crippen LogP contribution in [0.4, 0.5) is 0 Å². The van der Waals surface area contributed by atoms with Crippen molar-refractivity contribution in [3.05, 3.63) is 16.1 Å². The van der Waals surface area contributed by atoms with Crippen molar-refractivity contribution in [2.24, 2.45) is 4.99 Å². The molecule has 0 unspecified atom stereocenters. The van der Waals surface area contributed by atoms with Crippen LogP contribution in [0.15, 0.2) is 10.4 Å². The maximum atomic E-state index is 11.1. The molecule has 0 atom stereocenters. The van der Waals surface area contributed by atoms with E-state index in [0.29, 0.717) is 18.4 Å². The third kappa shape index (κ3) is 5.25. The maximum Gasteiger partial charge on any atom is 0.239 e. The number of nitrogens with zero attached hydrogens (tertiary/aromatic N) is 2. The molecule has 6 nitrogen and oxygen atoms in total. The van der Waals surface area contributed by atoms with Crippen molar-refractivity contribution >= 4 is 23.2 Å². The van der Waals surface area contributed by atoms with Crippen molar-refractivity contribution in [2.45, 2.75) is 26.3 Å². The van der Waals surface area contributed by atoms with Crippen LogP contribution in [-0.4, -0.2) is 37.5 Å². The van der Waals surface area contributed by atoms with Gasteiger partial charge in [-0.25, -0.2) is 4.98 Å². The van der Waals surface area contributed by atoms with Gasteiger partial charge in [-0.05, 0) is 5.92 Å².